The van der Waals surface area contributed by atoms with Crippen LogP contribution in [-0.4, -0.2) is 23.3 Å². The fraction of sp³-hybridized carbons (Fsp3) is 0.125. The van der Waals surface area contributed by atoms with Crippen LogP contribution < -0.4 is 15.2 Å². The highest BCUT2D eigenvalue weighted by atomic mass is 16.5. The number of Topliss-reactive ketones (excluding diaryl/α,β-unsaturated/α-hetero) is 1. The predicted octanol–water partition coefficient (Wildman–Crippen LogP) is 3.30. The van der Waals surface area contributed by atoms with Crippen LogP contribution in [-0.2, 0) is 0 Å². The standard InChI is InChI=1S/C24H18N2O4/c1-2-18-21(8-7-19-20(27)11-14-29-23(18)19)30-22(16-9-12-26-13-10-16)15-3-5-17(6-4-15)24(25)28/h1,3-10,12-13,22H,11,14H2,(H2,25,28). The topological polar surface area (TPSA) is 91.5 Å². The van der Waals surface area contributed by atoms with Crippen LogP contribution in [0.4, 0.5) is 0 Å². The number of hydrogen-bond acceptors (Lipinski definition) is 5. The lowest BCUT2D eigenvalue weighted by molar-refractivity contribution is 0.0931. The lowest BCUT2D eigenvalue weighted by Crippen LogP contribution is -2.17. The summed E-state index contributed by atoms with van der Waals surface area (Å²) in [6, 6.07) is 13.9. The van der Waals surface area contributed by atoms with Crippen molar-refractivity contribution in [2.75, 3.05) is 6.61 Å². The summed E-state index contributed by atoms with van der Waals surface area (Å²) in [4.78, 5) is 27.7. The van der Waals surface area contributed by atoms with Crippen LogP contribution in [0.1, 0.15) is 49.9 Å². The molecule has 0 fully saturated rings. The van der Waals surface area contributed by atoms with E-state index in [9.17, 15) is 9.59 Å². The van der Waals surface area contributed by atoms with Gasteiger partial charge in [-0.25, -0.2) is 0 Å². The maximum atomic E-state index is 12.2. The molecule has 1 amide bonds. The van der Waals surface area contributed by atoms with Gasteiger partial charge in [-0.1, -0.05) is 18.1 Å². The molecule has 4 rings (SSSR count). The highest BCUT2D eigenvalue weighted by Gasteiger charge is 2.25. The molecule has 148 valence electrons. The number of aromatic nitrogens is 1. The van der Waals surface area contributed by atoms with Crippen molar-refractivity contribution in [1.82, 2.24) is 4.98 Å². The van der Waals surface area contributed by atoms with Crippen LogP contribution in [0.15, 0.2) is 60.9 Å². The Bertz CT molecular complexity index is 1150. The second-order valence-electron chi connectivity index (χ2n) is 6.75. The van der Waals surface area contributed by atoms with E-state index in [-0.39, 0.29) is 12.4 Å². The number of primary amides is 1. The number of hydrogen-bond donors (Lipinski definition) is 1. The van der Waals surface area contributed by atoms with Crippen LogP contribution in [0.25, 0.3) is 0 Å². The van der Waals surface area contributed by atoms with E-state index in [0.717, 1.165) is 11.1 Å². The van der Waals surface area contributed by atoms with E-state index in [4.69, 9.17) is 21.6 Å². The number of terminal acetylenes is 1. The number of carbonyl (C=O) groups is 2. The summed E-state index contributed by atoms with van der Waals surface area (Å²) >= 11 is 0. The molecule has 0 saturated heterocycles. The number of ketones is 1. The third-order valence-electron chi connectivity index (χ3n) is 4.89. The number of pyridine rings is 1. The summed E-state index contributed by atoms with van der Waals surface area (Å²) in [7, 11) is 0. The molecule has 6 nitrogen and oxygen atoms in total. The predicted molar refractivity (Wildman–Crippen MR) is 110 cm³/mol. The molecule has 30 heavy (non-hydrogen) atoms. The van der Waals surface area contributed by atoms with Crippen LogP contribution in [0.3, 0.4) is 0 Å². The van der Waals surface area contributed by atoms with Gasteiger partial charge in [0, 0.05) is 24.4 Å². The van der Waals surface area contributed by atoms with Gasteiger partial charge in [0.2, 0.25) is 5.91 Å². The summed E-state index contributed by atoms with van der Waals surface area (Å²) in [6.45, 7) is 0.284. The normalized spacial score (nSPS) is 13.5. The molecule has 3 aromatic rings. The summed E-state index contributed by atoms with van der Waals surface area (Å²) in [5.41, 5.74) is 8.25. The average molecular weight is 398 g/mol. The quantitative estimate of drug-likeness (QED) is 0.666. The van der Waals surface area contributed by atoms with Crippen molar-refractivity contribution in [3.63, 3.8) is 0 Å². The molecule has 6 heteroatoms. The van der Waals surface area contributed by atoms with Gasteiger partial charge in [-0.15, -0.1) is 6.42 Å². The largest absolute Gasteiger partial charge is 0.491 e. The second kappa shape index (κ2) is 8.10. The number of carbonyl (C=O) groups excluding carboxylic acids is 2. The van der Waals surface area contributed by atoms with Gasteiger partial charge >= 0.3 is 0 Å². The molecule has 1 atom stereocenters. The lowest BCUT2D eigenvalue weighted by atomic mass is 9.99. The monoisotopic (exact) mass is 398 g/mol. The summed E-state index contributed by atoms with van der Waals surface area (Å²) in [6.07, 6.45) is 8.87. The van der Waals surface area contributed by atoms with Crippen LogP contribution >= 0.6 is 0 Å². The minimum absolute atomic E-state index is 0.00738. The molecule has 2 N–H and O–H groups in total. The van der Waals surface area contributed by atoms with E-state index in [0.29, 0.717) is 34.6 Å². The van der Waals surface area contributed by atoms with Gasteiger partial charge in [0.05, 0.1) is 12.2 Å². The Morgan fingerprint density at radius 1 is 1.10 bits per heavy atom. The fourth-order valence-corrected chi connectivity index (χ4v) is 3.37. The first-order chi connectivity index (χ1) is 14.6. The molecular weight excluding hydrogens is 380 g/mol. The molecule has 2 aromatic carbocycles. The fourth-order valence-electron chi connectivity index (χ4n) is 3.37. The molecule has 1 unspecified atom stereocenters. The maximum Gasteiger partial charge on any atom is 0.248 e. The summed E-state index contributed by atoms with van der Waals surface area (Å²) in [5.74, 6) is 2.89. The minimum Gasteiger partial charge on any atom is -0.491 e. The Labute approximate surface area is 173 Å². The molecule has 0 spiro atoms. The third kappa shape index (κ3) is 3.61. The molecular formula is C24H18N2O4. The van der Waals surface area contributed by atoms with Gasteiger partial charge in [0.15, 0.2) is 5.78 Å². The van der Waals surface area contributed by atoms with Crippen LogP contribution in [0.2, 0.25) is 0 Å². The van der Waals surface area contributed by atoms with E-state index in [2.05, 4.69) is 10.9 Å². The van der Waals surface area contributed by atoms with E-state index >= 15 is 0 Å². The smallest absolute Gasteiger partial charge is 0.248 e. The Morgan fingerprint density at radius 2 is 1.80 bits per heavy atom. The highest BCUT2D eigenvalue weighted by Crippen LogP contribution is 2.38. The van der Waals surface area contributed by atoms with E-state index in [1.165, 1.54) is 0 Å². The van der Waals surface area contributed by atoms with E-state index in [1.807, 2.05) is 12.1 Å². The highest BCUT2D eigenvalue weighted by molar-refractivity contribution is 6.00. The Kier molecular flexibility index (Phi) is 5.19. The van der Waals surface area contributed by atoms with Crippen molar-refractivity contribution >= 4 is 11.7 Å². The minimum atomic E-state index is -0.528. The average Bonchev–Trinajstić information content (AvgIpc) is 2.78. The van der Waals surface area contributed by atoms with E-state index < -0.39 is 12.0 Å². The van der Waals surface area contributed by atoms with E-state index in [1.54, 1.807) is 48.8 Å². The number of nitrogens with zero attached hydrogens (tertiary/aromatic N) is 1. The lowest BCUT2D eigenvalue weighted by Gasteiger charge is -2.24. The molecule has 0 saturated carbocycles. The van der Waals surface area contributed by atoms with Crippen molar-refractivity contribution in [2.24, 2.45) is 5.73 Å². The zero-order valence-electron chi connectivity index (χ0n) is 16.0. The Morgan fingerprint density at radius 3 is 2.47 bits per heavy atom. The molecule has 1 aliphatic rings. The van der Waals surface area contributed by atoms with Crippen molar-refractivity contribution in [1.29, 1.82) is 0 Å². The molecule has 1 aromatic heterocycles. The first-order valence-corrected chi connectivity index (χ1v) is 9.34. The first kappa shape index (κ1) is 19.2. The number of ether oxygens (including phenoxy) is 2. The van der Waals surface area contributed by atoms with Crippen molar-refractivity contribution < 1.29 is 19.1 Å². The third-order valence-corrected chi connectivity index (χ3v) is 4.89. The zero-order chi connectivity index (χ0) is 21.1. The number of fused-ring (bicyclic) bond motifs is 1. The number of benzene rings is 2. The Hall–Kier alpha value is -4.11. The summed E-state index contributed by atoms with van der Waals surface area (Å²) in [5, 5.41) is 0. The van der Waals surface area contributed by atoms with Gasteiger partial charge in [0.25, 0.3) is 0 Å². The summed E-state index contributed by atoms with van der Waals surface area (Å²) < 4.78 is 12.0. The van der Waals surface area contributed by atoms with Gasteiger partial charge in [-0.05, 0) is 47.5 Å². The number of nitrogens with two attached hydrogens (primary N) is 1. The van der Waals surface area contributed by atoms with Crippen molar-refractivity contribution in [2.45, 2.75) is 12.5 Å². The molecule has 0 aliphatic carbocycles. The van der Waals surface area contributed by atoms with Gasteiger partial charge in [-0.2, -0.15) is 0 Å². The maximum absolute atomic E-state index is 12.2. The SMILES string of the molecule is C#Cc1c(OC(c2ccncc2)c2ccc(C(N)=O)cc2)ccc2c1OCCC2=O. The molecule has 0 radical (unpaired) electrons. The molecule has 0 bridgehead atoms. The first-order valence-electron chi connectivity index (χ1n) is 9.34. The van der Waals surface area contributed by atoms with Gasteiger partial charge in [0.1, 0.15) is 23.2 Å². The Balaban J connectivity index is 1.77. The number of amides is 1. The zero-order valence-corrected chi connectivity index (χ0v) is 16.0. The van der Waals surface area contributed by atoms with Crippen LogP contribution in [0, 0.1) is 12.3 Å². The van der Waals surface area contributed by atoms with Crippen molar-refractivity contribution in [3.05, 3.63) is 88.7 Å². The molecule has 2 heterocycles. The second-order valence-corrected chi connectivity index (χ2v) is 6.75. The van der Waals surface area contributed by atoms with Crippen LogP contribution in [0.5, 0.6) is 11.5 Å². The van der Waals surface area contributed by atoms with Gasteiger partial charge in [-0.3, -0.25) is 14.6 Å². The number of rotatable bonds is 5. The van der Waals surface area contributed by atoms with Crippen molar-refractivity contribution in [3.8, 4) is 23.8 Å². The molecule has 1 aliphatic heterocycles. The van der Waals surface area contributed by atoms with Gasteiger partial charge < -0.3 is 15.2 Å².